The highest BCUT2D eigenvalue weighted by Gasteiger charge is 2.28. The number of hydrogen-bond donors (Lipinski definition) is 1. The number of nitrogens with zero attached hydrogens (tertiary/aromatic N) is 1. The number of rotatable bonds is 6. The van der Waals surface area contributed by atoms with Crippen molar-refractivity contribution in [3.8, 4) is 11.3 Å². The third kappa shape index (κ3) is 3.11. The van der Waals surface area contributed by atoms with Crippen molar-refractivity contribution >= 4 is 0 Å². The van der Waals surface area contributed by atoms with Gasteiger partial charge in [0.25, 0.3) is 5.56 Å². The van der Waals surface area contributed by atoms with E-state index in [9.17, 15) is 4.79 Å². The molecule has 0 atom stereocenters. The van der Waals surface area contributed by atoms with Crippen molar-refractivity contribution in [2.75, 3.05) is 0 Å². The molecule has 120 valence electrons. The van der Waals surface area contributed by atoms with Gasteiger partial charge in [0.15, 0.2) is 0 Å². The predicted molar refractivity (Wildman–Crippen MR) is 93.6 cm³/mol. The minimum absolute atomic E-state index is 0.192. The van der Waals surface area contributed by atoms with Gasteiger partial charge in [0.1, 0.15) is 0 Å². The normalized spacial score (nSPS) is 17.4. The quantitative estimate of drug-likeness (QED) is 0.883. The predicted octanol–water partition coefficient (Wildman–Crippen LogP) is 3.66. The largest absolute Gasteiger partial charge is 0.310 e. The highest BCUT2D eigenvalue weighted by atomic mass is 16.1. The van der Waals surface area contributed by atoms with Crippen LogP contribution in [0.3, 0.4) is 0 Å². The second kappa shape index (κ2) is 5.97. The van der Waals surface area contributed by atoms with Crippen LogP contribution in [-0.2, 0) is 13.0 Å². The molecule has 0 unspecified atom stereocenters. The first-order chi connectivity index (χ1) is 11.3. The minimum atomic E-state index is 0.192. The average Bonchev–Trinajstić information content (AvgIpc) is 3.47. The number of nitrogens with one attached hydrogen (secondary N) is 1. The molecule has 2 aromatic rings. The van der Waals surface area contributed by atoms with Crippen molar-refractivity contribution in [1.82, 2.24) is 9.88 Å². The van der Waals surface area contributed by atoms with Crippen molar-refractivity contribution in [2.45, 2.75) is 57.7 Å². The molecule has 1 N–H and O–H groups in total. The van der Waals surface area contributed by atoms with E-state index in [1.54, 1.807) is 0 Å². The topological polar surface area (TPSA) is 34.0 Å². The van der Waals surface area contributed by atoms with Crippen LogP contribution < -0.4 is 10.9 Å². The van der Waals surface area contributed by atoms with Crippen LogP contribution in [-0.4, -0.2) is 10.6 Å². The smallest absolute Gasteiger partial charge is 0.255 e. The summed E-state index contributed by atoms with van der Waals surface area (Å²) < 4.78 is 2.03. The molecule has 0 amide bonds. The number of aromatic nitrogens is 1. The Morgan fingerprint density at radius 2 is 1.78 bits per heavy atom. The van der Waals surface area contributed by atoms with Gasteiger partial charge in [0.05, 0.1) is 5.69 Å². The maximum atomic E-state index is 12.9. The van der Waals surface area contributed by atoms with Crippen LogP contribution in [0.5, 0.6) is 0 Å². The van der Waals surface area contributed by atoms with Crippen LogP contribution in [0.1, 0.15) is 49.8 Å². The van der Waals surface area contributed by atoms with Crippen LogP contribution in [0.25, 0.3) is 11.3 Å². The molecule has 3 nitrogen and oxygen atoms in total. The monoisotopic (exact) mass is 308 g/mol. The summed E-state index contributed by atoms with van der Waals surface area (Å²) in [5, 5.41) is 3.46. The maximum absolute atomic E-state index is 12.9. The summed E-state index contributed by atoms with van der Waals surface area (Å²) in [6.45, 7) is 2.86. The van der Waals surface area contributed by atoms with Crippen molar-refractivity contribution in [3.63, 3.8) is 0 Å². The molecule has 23 heavy (non-hydrogen) atoms. The fourth-order valence-electron chi connectivity index (χ4n) is 3.11. The third-order valence-electron chi connectivity index (χ3n) is 4.92. The lowest BCUT2D eigenvalue weighted by atomic mass is 10.1. The number of pyridine rings is 1. The van der Waals surface area contributed by atoms with E-state index in [-0.39, 0.29) is 5.56 Å². The second-order valence-electron chi connectivity index (χ2n) is 6.86. The zero-order valence-corrected chi connectivity index (χ0v) is 13.7. The highest BCUT2D eigenvalue weighted by Crippen LogP contribution is 2.37. The van der Waals surface area contributed by atoms with Gasteiger partial charge in [0, 0.05) is 24.2 Å². The highest BCUT2D eigenvalue weighted by molar-refractivity contribution is 5.60. The van der Waals surface area contributed by atoms with Crippen molar-refractivity contribution < 1.29 is 0 Å². The van der Waals surface area contributed by atoms with Gasteiger partial charge in [-0.15, -0.1) is 0 Å². The fraction of sp³-hybridized carbons (Fsp3) is 0.450. The first kappa shape index (κ1) is 14.7. The Kier molecular flexibility index (Phi) is 3.82. The first-order valence-corrected chi connectivity index (χ1v) is 8.83. The molecule has 0 aliphatic heterocycles. The lowest BCUT2D eigenvalue weighted by Gasteiger charge is -2.15. The van der Waals surface area contributed by atoms with Crippen LogP contribution in [0, 0.1) is 0 Å². The summed E-state index contributed by atoms with van der Waals surface area (Å²) in [6.07, 6.45) is 5.79. The molecule has 1 heterocycles. The number of hydrogen-bond acceptors (Lipinski definition) is 2. The Morgan fingerprint density at radius 1 is 1.04 bits per heavy atom. The third-order valence-corrected chi connectivity index (χ3v) is 4.92. The molecule has 2 aliphatic carbocycles. The Morgan fingerprint density at radius 3 is 2.39 bits per heavy atom. The van der Waals surface area contributed by atoms with Gasteiger partial charge >= 0.3 is 0 Å². The van der Waals surface area contributed by atoms with E-state index in [0.717, 1.165) is 36.1 Å². The van der Waals surface area contributed by atoms with E-state index >= 15 is 0 Å². The SMILES string of the molecule is CCc1ccc(-c2ccc(CNC3CC3)c(=O)n2C2CC2)cc1. The zero-order valence-electron chi connectivity index (χ0n) is 13.7. The summed E-state index contributed by atoms with van der Waals surface area (Å²) >= 11 is 0. The Balaban J connectivity index is 1.70. The van der Waals surface area contributed by atoms with E-state index in [1.165, 1.54) is 18.4 Å². The molecule has 0 spiro atoms. The van der Waals surface area contributed by atoms with E-state index < -0.39 is 0 Å². The molecule has 0 saturated heterocycles. The molecule has 4 rings (SSSR count). The first-order valence-electron chi connectivity index (χ1n) is 8.83. The molecule has 2 fully saturated rings. The van der Waals surface area contributed by atoms with E-state index in [1.807, 2.05) is 10.6 Å². The Hall–Kier alpha value is -1.87. The van der Waals surface area contributed by atoms with Crippen molar-refractivity contribution in [2.24, 2.45) is 0 Å². The van der Waals surface area contributed by atoms with Gasteiger partial charge < -0.3 is 9.88 Å². The van der Waals surface area contributed by atoms with E-state index in [2.05, 4.69) is 42.6 Å². The maximum Gasteiger partial charge on any atom is 0.255 e. The summed E-state index contributed by atoms with van der Waals surface area (Å²) in [4.78, 5) is 12.9. The molecule has 0 bridgehead atoms. The summed E-state index contributed by atoms with van der Waals surface area (Å²) in [7, 11) is 0. The standard InChI is InChI=1S/C20H24N2O/c1-2-14-3-5-15(6-4-14)19-12-7-16(13-21-17-8-9-17)20(23)22(19)18-10-11-18/h3-7,12,17-18,21H,2,8-11,13H2,1H3. The van der Waals surface area contributed by atoms with Gasteiger partial charge in [0.2, 0.25) is 0 Å². The van der Waals surface area contributed by atoms with Gasteiger partial charge in [-0.3, -0.25) is 4.79 Å². The van der Waals surface area contributed by atoms with Crippen LogP contribution in [0.15, 0.2) is 41.2 Å². The van der Waals surface area contributed by atoms with Crippen LogP contribution in [0.4, 0.5) is 0 Å². The van der Waals surface area contributed by atoms with E-state index in [0.29, 0.717) is 18.6 Å². The Labute approximate surface area is 137 Å². The fourth-order valence-corrected chi connectivity index (χ4v) is 3.11. The summed E-state index contributed by atoms with van der Waals surface area (Å²) in [5.41, 5.74) is 4.64. The lowest BCUT2D eigenvalue weighted by molar-refractivity contribution is 0.654. The molecule has 0 radical (unpaired) electrons. The van der Waals surface area contributed by atoms with Gasteiger partial charge in [-0.05, 0) is 49.3 Å². The molecular weight excluding hydrogens is 284 g/mol. The van der Waals surface area contributed by atoms with Crippen LogP contribution in [0.2, 0.25) is 0 Å². The molecule has 3 heteroatoms. The zero-order chi connectivity index (χ0) is 15.8. The van der Waals surface area contributed by atoms with Crippen molar-refractivity contribution in [3.05, 3.63) is 57.9 Å². The molecular formula is C20H24N2O. The minimum Gasteiger partial charge on any atom is -0.310 e. The Bertz CT molecular complexity index is 752. The van der Waals surface area contributed by atoms with Crippen LogP contribution >= 0.6 is 0 Å². The molecule has 1 aromatic heterocycles. The van der Waals surface area contributed by atoms with Gasteiger partial charge in [-0.25, -0.2) is 0 Å². The summed E-state index contributed by atoms with van der Waals surface area (Å²) in [5.74, 6) is 0. The second-order valence-corrected chi connectivity index (χ2v) is 6.86. The molecule has 2 aliphatic rings. The average molecular weight is 308 g/mol. The summed E-state index contributed by atoms with van der Waals surface area (Å²) in [6, 6.07) is 13.8. The number of benzene rings is 1. The number of aryl methyl sites for hydroxylation is 1. The molecule has 2 saturated carbocycles. The lowest BCUT2D eigenvalue weighted by Crippen LogP contribution is -2.28. The van der Waals surface area contributed by atoms with E-state index in [4.69, 9.17) is 0 Å². The van der Waals surface area contributed by atoms with Crippen molar-refractivity contribution in [1.29, 1.82) is 0 Å². The molecule has 1 aromatic carbocycles. The van der Waals surface area contributed by atoms with Gasteiger partial charge in [-0.2, -0.15) is 0 Å². The van der Waals surface area contributed by atoms with Gasteiger partial charge in [-0.1, -0.05) is 37.3 Å².